The van der Waals surface area contributed by atoms with E-state index in [2.05, 4.69) is 10.6 Å². The van der Waals surface area contributed by atoms with Gasteiger partial charge in [0, 0.05) is 6.07 Å². The monoisotopic (exact) mass is 409 g/mol. The SMILES string of the molecule is COc1ccc(OC)c(NC(=O)CN2C(=O)N[C@@]3(CCCc4ccccc43)C2=O)c1. The average molecular weight is 409 g/mol. The molecule has 156 valence electrons. The molecular weight excluding hydrogens is 386 g/mol. The predicted octanol–water partition coefficient (Wildman–Crippen LogP) is 2.43. The lowest BCUT2D eigenvalue weighted by molar-refractivity contribution is -0.134. The van der Waals surface area contributed by atoms with Crippen molar-refractivity contribution in [3.8, 4) is 11.5 Å². The first kappa shape index (κ1) is 19.8. The van der Waals surface area contributed by atoms with E-state index in [-0.39, 0.29) is 0 Å². The Hall–Kier alpha value is -3.55. The van der Waals surface area contributed by atoms with Crippen molar-refractivity contribution in [3.63, 3.8) is 0 Å². The molecule has 4 rings (SSSR count). The molecule has 0 aromatic heterocycles. The topological polar surface area (TPSA) is 97.0 Å². The van der Waals surface area contributed by atoms with Crippen LogP contribution in [0, 0.1) is 0 Å². The van der Waals surface area contributed by atoms with Crippen molar-refractivity contribution >= 4 is 23.5 Å². The van der Waals surface area contributed by atoms with Crippen molar-refractivity contribution in [2.24, 2.45) is 0 Å². The third-order valence-electron chi connectivity index (χ3n) is 5.63. The molecule has 1 fully saturated rings. The number of aryl methyl sites for hydroxylation is 1. The van der Waals surface area contributed by atoms with Crippen molar-refractivity contribution in [1.82, 2.24) is 10.2 Å². The van der Waals surface area contributed by atoms with E-state index in [1.807, 2.05) is 24.3 Å². The Morgan fingerprint density at radius 1 is 1.17 bits per heavy atom. The summed E-state index contributed by atoms with van der Waals surface area (Å²) in [6.07, 6.45) is 2.15. The number of benzene rings is 2. The largest absolute Gasteiger partial charge is 0.497 e. The van der Waals surface area contributed by atoms with Crippen LogP contribution in [-0.2, 0) is 21.5 Å². The molecule has 8 nitrogen and oxygen atoms in total. The first-order chi connectivity index (χ1) is 14.5. The van der Waals surface area contributed by atoms with Crippen LogP contribution in [0.4, 0.5) is 10.5 Å². The number of hydrogen-bond acceptors (Lipinski definition) is 5. The second-order valence-corrected chi connectivity index (χ2v) is 7.35. The predicted molar refractivity (Wildman–Crippen MR) is 109 cm³/mol. The fourth-order valence-electron chi connectivity index (χ4n) is 4.20. The number of urea groups is 1. The van der Waals surface area contributed by atoms with Gasteiger partial charge in [-0.3, -0.25) is 14.5 Å². The maximum Gasteiger partial charge on any atom is 0.325 e. The number of hydrogen-bond donors (Lipinski definition) is 2. The minimum Gasteiger partial charge on any atom is -0.497 e. The van der Waals surface area contributed by atoms with Crippen LogP contribution in [-0.4, -0.2) is 43.5 Å². The molecule has 2 N–H and O–H groups in total. The van der Waals surface area contributed by atoms with Gasteiger partial charge in [-0.25, -0.2) is 4.79 Å². The minimum absolute atomic E-state index is 0.394. The smallest absolute Gasteiger partial charge is 0.325 e. The third kappa shape index (κ3) is 3.24. The van der Waals surface area contributed by atoms with E-state index in [1.54, 1.807) is 18.2 Å². The molecule has 1 saturated heterocycles. The molecule has 1 aliphatic carbocycles. The third-order valence-corrected chi connectivity index (χ3v) is 5.63. The van der Waals surface area contributed by atoms with Gasteiger partial charge in [-0.2, -0.15) is 0 Å². The van der Waals surface area contributed by atoms with Gasteiger partial charge in [-0.1, -0.05) is 24.3 Å². The van der Waals surface area contributed by atoms with Gasteiger partial charge < -0.3 is 20.1 Å². The molecule has 2 aromatic carbocycles. The van der Waals surface area contributed by atoms with Gasteiger partial charge in [0.2, 0.25) is 5.91 Å². The summed E-state index contributed by atoms with van der Waals surface area (Å²) >= 11 is 0. The summed E-state index contributed by atoms with van der Waals surface area (Å²) in [4.78, 5) is 39.6. The Morgan fingerprint density at radius 2 is 1.97 bits per heavy atom. The van der Waals surface area contributed by atoms with Crippen LogP contribution in [0.25, 0.3) is 0 Å². The number of carbonyl (C=O) groups is 3. The van der Waals surface area contributed by atoms with Gasteiger partial charge in [0.05, 0.1) is 19.9 Å². The van der Waals surface area contributed by atoms with Gasteiger partial charge in [-0.05, 0) is 42.5 Å². The van der Waals surface area contributed by atoms with E-state index in [1.165, 1.54) is 14.2 Å². The van der Waals surface area contributed by atoms with E-state index in [0.717, 1.165) is 28.9 Å². The molecule has 8 heteroatoms. The van der Waals surface area contributed by atoms with Gasteiger partial charge >= 0.3 is 6.03 Å². The Kier molecular flexibility index (Phi) is 5.07. The Balaban J connectivity index is 1.55. The Labute approximate surface area is 174 Å². The molecule has 1 atom stereocenters. The van der Waals surface area contributed by atoms with Crippen LogP contribution in [0.2, 0.25) is 0 Å². The van der Waals surface area contributed by atoms with Gasteiger partial charge in [0.15, 0.2) is 0 Å². The highest BCUT2D eigenvalue weighted by Gasteiger charge is 2.54. The highest BCUT2D eigenvalue weighted by atomic mass is 16.5. The van der Waals surface area contributed by atoms with E-state index in [4.69, 9.17) is 9.47 Å². The zero-order valence-corrected chi connectivity index (χ0v) is 16.9. The maximum absolute atomic E-state index is 13.3. The summed E-state index contributed by atoms with van der Waals surface area (Å²) in [6, 6.07) is 12.0. The fraction of sp³-hybridized carbons (Fsp3) is 0.318. The fourth-order valence-corrected chi connectivity index (χ4v) is 4.20. The summed E-state index contributed by atoms with van der Waals surface area (Å²) < 4.78 is 10.4. The first-order valence-corrected chi connectivity index (χ1v) is 9.73. The van der Waals surface area contributed by atoms with E-state index < -0.39 is 29.9 Å². The van der Waals surface area contributed by atoms with Crippen LogP contribution >= 0.6 is 0 Å². The molecule has 0 bridgehead atoms. The average Bonchev–Trinajstić information content (AvgIpc) is 2.98. The summed E-state index contributed by atoms with van der Waals surface area (Å²) in [5.41, 5.74) is 1.16. The number of amides is 4. The zero-order chi connectivity index (χ0) is 21.3. The number of imide groups is 1. The molecule has 1 spiro atoms. The maximum atomic E-state index is 13.3. The van der Waals surface area contributed by atoms with Crippen LogP contribution < -0.4 is 20.1 Å². The molecule has 1 heterocycles. The van der Waals surface area contributed by atoms with Crippen molar-refractivity contribution < 1.29 is 23.9 Å². The van der Waals surface area contributed by atoms with Crippen molar-refractivity contribution in [1.29, 1.82) is 0 Å². The number of nitrogens with one attached hydrogen (secondary N) is 2. The number of methoxy groups -OCH3 is 2. The van der Waals surface area contributed by atoms with Crippen LogP contribution in [0.1, 0.15) is 24.0 Å². The highest BCUT2D eigenvalue weighted by molar-refractivity contribution is 6.10. The standard InChI is InChI=1S/C22H23N3O5/c1-29-15-9-10-18(30-2)17(12-15)23-19(26)13-25-20(27)22(24-21(25)28)11-5-7-14-6-3-4-8-16(14)22/h3-4,6,8-10,12H,5,7,11,13H2,1-2H3,(H,23,26)(H,24,28)/t22-/m1/s1. The van der Waals surface area contributed by atoms with Crippen molar-refractivity contribution in [3.05, 3.63) is 53.6 Å². The molecule has 0 radical (unpaired) electrons. The summed E-state index contributed by atoms with van der Waals surface area (Å²) in [7, 11) is 3.00. The van der Waals surface area contributed by atoms with Crippen molar-refractivity contribution in [2.45, 2.75) is 24.8 Å². The molecule has 1 aliphatic heterocycles. The number of nitrogens with zero attached hydrogens (tertiary/aromatic N) is 1. The molecular formula is C22H23N3O5. The van der Waals surface area contributed by atoms with Crippen LogP contribution in [0.3, 0.4) is 0 Å². The normalized spacial score (nSPS) is 20.0. The molecule has 30 heavy (non-hydrogen) atoms. The quantitative estimate of drug-likeness (QED) is 0.740. The Bertz CT molecular complexity index is 1020. The molecule has 0 unspecified atom stereocenters. The lowest BCUT2D eigenvalue weighted by Gasteiger charge is -2.33. The second kappa shape index (κ2) is 7.70. The lowest BCUT2D eigenvalue weighted by Crippen LogP contribution is -2.47. The second-order valence-electron chi connectivity index (χ2n) is 7.35. The van der Waals surface area contributed by atoms with E-state index in [0.29, 0.717) is 23.6 Å². The van der Waals surface area contributed by atoms with E-state index in [9.17, 15) is 14.4 Å². The number of rotatable bonds is 5. The Morgan fingerprint density at radius 3 is 2.73 bits per heavy atom. The zero-order valence-electron chi connectivity index (χ0n) is 16.9. The number of fused-ring (bicyclic) bond motifs is 2. The van der Waals surface area contributed by atoms with Crippen LogP contribution in [0.5, 0.6) is 11.5 Å². The lowest BCUT2D eigenvalue weighted by atomic mass is 9.76. The summed E-state index contributed by atoms with van der Waals surface area (Å²) in [5, 5.41) is 5.54. The van der Waals surface area contributed by atoms with E-state index >= 15 is 0 Å². The molecule has 2 aromatic rings. The highest BCUT2D eigenvalue weighted by Crippen LogP contribution is 2.40. The summed E-state index contributed by atoms with van der Waals surface area (Å²) in [6.45, 7) is -0.394. The number of anilines is 1. The number of ether oxygens (including phenoxy) is 2. The number of carbonyl (C=O) groups excluding carboxylic acids is 3. The van der Waals surface area contributed by atoms with Gasteiger partial charge in [0.1, 0.15) is 23.6 Å². The molecule has 0 saturated carbocycles. The molecule has 4 amide bonds. The van der Waals surface area contributed by atoms with Gasteiger partial charge in [0.25, 0.3) is 5.91 Å². The van der Waals surface area contributed by atoms with Crippen LogP contribution in [0.15, 0.2) is 42.5 Å². The van der Waals surface area contributed by atoms with Gasteiger partial charge in [-0.15, -0.1) is 0 Å². The first-order valence-electron chi connectivity index (χ1n) is 9.73. The molecule has 2 aliphatic rings. The minimum atomic E-state index is -1.10. The summed E-state index contributed by atoms with van der Waals surface area (Å²) in [5.74, 6) is 0.0801. The van der Waals surface area contributed by atoms with Crippen molar-refractivity contribution in [2.75, 3.05) is 26.1 Å².